The fraction of sp³-hybridized carbons (Fsp3) is 1.00. The van der Waals surface area contributed by atoms with Crippen LogP contribution in [0.1, 0.15) is 32.1 Å². The predicted octanol–water partition coefficient (Wildman–Crippen LogP) is 0.602. The monoisotopic (exact) mass is 242 g/mol. The summed E-state index contributed by atoms with van der Waals surface area (Å²) in [5, 5.41) is 13.3. The smallest absolute Gasteiger partial charge is 0.0693 e. The second-order valence-corrected chi connectivity index (χ2v) is 5.22. The molecule has 0 spiro atoms. The molecule has 17 heavy (non-hydrogen) atoms. The maximum atomic E-state index is 9.83. The zero-order chi connectivity index (χ0) is 11.9. The molecule has 0 aromatic carbocycles. The minimum Gasteiger partial charge on any atom is -0.392 e. The fourth-order valence-corrected chi connectivity index (χ4v) is 2.76. The number of aliphatic hydroxyl groups is 1. The van der Waals surface area contributed by atoms with E-state index in [0.717, 1.165) is 52.2 Å². The molecule has 2 N–H and O–H groups in total. The van der Waals surface area contributed by atoms with Crippen molar-refractivity contribution in [2.45, 2.75) is 44.2 Å². The Hall–Kier alpha value is -0.160. The highest BCUT2D eigenvalue weighted by Gasteiger charge is 2.21. The highest BCUT2D eigenvalue weighted by Crippen LogP contribution is 2.18. The van der Waals surface area contributed by atoms with Crippen LogP contribution in [0.2, 0.25) is 0 Å². The number of nitrogens with one attached hydrogen (secondary N) is 1. The molecule has 0 radical (unpaired) electrons. The quantitative estimate of drug-likeness (QED) is 0.693. The Morgan fingerprint density at radius 2 is 1.94 bits per heavy atom. The number of aliphatic hydroxyl groups excluding tert-OH is 1. The van der Waals surface area contributed by atoms with Gasteiger partial charge in [-0.1, -0.05) is 12.8 Å². The number of hydrogen-bond acceptors (Lipinski definition) is 4. The van der Waals surface area contributed by atoms with Gasteiger partial charge in [0.15, 0.2) is 0 Å². The van der Waals surface area contributed by atoms with Crippen molar-refractivity contribution in [1.29, 1.82) is 0 Å². The first kappa shape index (κ1) is 13.3. The number of hydrogen-bond donors (Lipinski definition) is 2. The van der Waals surface area contributed by atoms with E-state index in [1.807, 2.05) is 0 Å². The maximum Gasteiger partial charge on any atom is 0.0693 e. The Morgan fingerprint density at radius 3 is 2.71 bits per heavy atom. The van der Waals surface area contributed by atoms with Crippen molar-refractivity contribution in [1.82, 2.24) is 10.2 Å². The van der Waals surface area contributed by atoms with Crippen LogP contribution in [0.4, 0.5) is 0 Å². The molecule has 4 heteroatoms. The zero-order valence-electron chi connectivity index (χ0n) is 10.7. The van der Waals surface area contributed by atoms with Crippen LogP contribution in [0.25, 0.3) is 0 Å². The fourth-order valence-electron chi connectivity index (χ4n) is 2.76. The Balaban J connectivity index is 1.53. The summed E-state index contributed by atoms with van der Waals surface area (Å²) in [7, 11) is 0. The second-order valence-electron chi connectivity index (χ2n) is 5.22. The summed E-state index contributed by atoms with van der Waals surface area (Å²) in [6.07, 6.45) is 5.61. The summed E-state index contributed by atoms with van der Waals surface area (Å²) < 4.78 is 5.32. The first-order valence-electron chi connectivity index (χ1n) is 7.08. The van der Waals surface area contributed by atoms with E-state index in [1.165, 1.54) is 19.3 Å². The molecular formula is C13H26N2O2. The van der Waals surface area contributed by atoms with Crippen LogP contribution in [0, 0.1) is 0 Å². The Morgan fingerprint density at radius 1 is 1.18 bits per heavy atom. The summed E-state index contributed by atoms with van der Waals surface area (Å²) in [5.41, 5.74) is 0. The van der Waals surface area contributed by atoms with Gasteiger partial charge in [-0.3, -0.25) is 4.90 Å². The van der Waals surface area contributed by atoms with Gasteiger partial charge in [-0.05, 0) is 32.4 Å². The van der Waals surface area contributed by atoms with Gasteiger partial charge in [-0.25, -0.2) is 0 Å². The van der Waals surface area contributed by atoms with Crippen LogP contribution in [0.3, 0.4) is 0 Å². The zero-order valence-corrected chi connectivity index (χ0v) is 10.7. The van der Waals surface area contributed by atoms with Crippen molar-refractivity contribution in [2.24, 2.45) is 0 Å². The maximum absolute atomic E-state index is 9.83. The van der Waals surface area contributed by atoms with Crippen LogP contribution < -0.4 is 5.32 Å². The molecule has 1 aliphatic carbocycles. The lowest BCUT2D eigenvalue weighted by molar-refractivity contribution is 0.0368. The molecule has 4 nitrogen and oxygen atoms in total. The normalized spacial score (nSPS) is 31.6. The molecule has 0 bridgehead atoms. The van der Waals surface area contributed by atoms with Gasteiger partial charge in [0.1, 0.15) is 0 Å². The number of morpholine rings is 1. The first-order chi connectivity index (χ1) is 8.36. The number of rotatable bonds is 5. The van der Waals surface area contributed by atoms with E-state index in [2.05, 4.69) is 10.2 Å². The molecular weight excluding hydrogens is 216 g/mol. The van der Waals surface area contributed by atoms with Crippen molar-refractivity contribution in [3.63, 3.8) is 0 Å². The molecule has 1 heterocycles. The van der Waals surface area contributed by atoms with E-state index in [9.17, 15) is 5.11 Å². The van der Waals surface area contributed by atoms with Gasteiger partial charge in [-0.15, -0.1) is 0 Å². The van der Waals surface area contributed by atoms with E-state index < -0.39 is 0 Å². The minimum atomic E-state index is -0.118. The van der Waals surface area contributed by atoms with Gasteiger partial charge in [0.05, 0.1) is 19.3 Å². The van der Waals surface area contributed by atoms with Gasteiger partial charge in [0, 0.05) is 19.1 Å². The van der Waals surface area contributed by atoms with Crippen LogP contribution in [-0.2, 0) is 4.74 Å². The van der Waals surface area contributed by atoms with Crippen molar-refractivity contribution in [2.75, 3.05) is 39.4 Å². The average molecular weight is 242 g/mol. The van der Waals surface area contributed by atoms with E-state index >= 15 is 0 Å². The third-order valence-electron chi connectivity index (χ3n) is 3.89. The van der Waals surface area contributed by atoms with Crippen molar-refractivity contribution < 1.29 is 9.84 Å². The minimum absolute atomic E-state index is 0.118. The average Bonchev–Trinajstić information content (AvgIpc) is 2.38. The van der Waals surface area contributed by atoms with Gasteiger partial charge >= 0.3 is 0 Å². The van der Waals surface area contributed by atoms with Crippen LogP contribution in [0.15, 0.2) is 0 Å². The lowest BCUT2D eigenvalue weighted by atomic mass is 9.92. The predicted molar refractivity (Wildman–Crippen MR) is 68.1 cm³/mol. The summed E-state index contributed by atoms with van der Waals surface area (Å²) in [5.74, 6) is 0. The van der Waals surface area contributed by atoms with Crippen molar-refractivity contribution in [3.8, 4) is 0 Å². The molecule has 0 amide bonds. The highest BCUT2D eigenvalue weighted by atomic mass is 16.5. The molecule has 0 unspecified atom stereocenters. The molecule has 2 fully saturated rings. The van der Waals surface area contributed by atoms with E-state index in [-0.39, 0.29) is 6.10 Å². The first-order valence-corrected chi connectivity index (χ1v) is 7.08. The molecule has 1 saturated heterocycles. The van der Waals surface area contributed by atoms with E-state index in [0.29, 0.717) is 6.04 Å². The third-order valence-corrected chi connectivity index (χ3v) is 3.89. The summed E-state index contributed by atoms with van der Waals surface area (Å²) in [6.45, 7) is 6.10. The lowest BCUT2D eigenvalue weighted by Crippen LogP contribution is -2.43. The third kappa shape index (κ3) is 4.54. The van der Waals surface area contributed by atoms with Crippen LogP contribution >= 0.6 is 0 Å². The SMILES string of the molecule is O[C@@H]1CCCC[C@H]1NCCCN1CCOCC1. The van der Waals surface area contributed by atoms with Crippen molar-refractivity contribution in [3.05, 3.63) is 0 Å². The number of nitrogens with zero attached hydrogens (tertiary/aromatic N) is 1. The molecule has 1 saturated carbocycles. The standard InChI is InChI=1S/C13H26N2O2/c16-13-5-2-1-4-12(13)14-6-3-7-15-8-10-17-11-9-15/h12-14,16H,1-11H2/t12-,13-/m1/s1. The Bertz CT molecular complexity index is 208. The molecule has 2 rings (SSSR count). The lowest BCUT2D eigenvalue weighted by Gasteiger charge is -2.29. The molecule has 2 aliphatic rings. The summed E-state index contributed by atoms with van der Waals surface area (Å²) in [4.78, 5) is 2.46. The topological polar surface area (TPSA) is 44.7 Å². The number of ether oxygens (including phenoxy) is 1. The molecule has 2 atom stereocenters. The molecule has 1 aliphatic heterocycles. The van der Waals surface area contributed by atoms with Crippen molar-refractivity contribution >= 4 is 0 Å². The largest absolute Gasteiger partial charge is 0.392 e. The molecule has 100 valence electrons. The second kappa shape index (κ2) is 7.31. The molecule has 0 aromatic heterocycles. The van der Waals surface area contributed by atoms with Gasteiger partial charge in [0.25, 0.3) is 0 Å². The van der Waals surface area contributed by atoms with Crippen LogP contribution in [0.5, 0.6) is 0 Å². The highest BCUT2D eigenvalue weighted by molar-refractivity contribution is 4.80. The summed E-state index contributed by atoms with van der Waals surface area (Å²) in [6, 6.07) is 0.341. The van der Waals surface area contributed by atoms with Gasteiger partial charge in [-0.2, -0.15) is 0 Å². The van der Waals surface area contributed by atoms with Gasteiger partial charge < -0.3 is 15.2 Å². The van der Waals surface area contributed by atoms with Gasteiger partial charge in [0.2, 0.25) is 0 Å². The Kier molecular flexibility index (Phi) is 5.71. The van der Waals surface area contributed by atoms with Crippen LogP contribution in [-0.4, -0.2) is 61.5 Å². The summed E-state index contributed by atoms with van der Waals surface area (Å²) >= 11 is 0. The molecule has 0 aromatic rings. The Labute approximate surface area is 104 Å². The van der Waals surface area contributed by atoms with E-state index in [4.69, 9.17) is 4.74 Å². The van der Waals surface area contributed by atoms with E-state index in [1.54, 1.807) is 0 Å².